The number of rotatable bonds is 6. The van der Waals surface area contributed by atoms with Gasteiger partial charge in [-0.05, 0) is 6.92 Å². The maximum Gasteiger partial charge on any atom is 0.519 e. The van der Waals surface area contributed by atoms with Crippen molar-refractivity contribution >= 4 is 12.0 Å². The van der Waals surface area contributed by atoms with Crippen molar-refractivity contribution in [1.82, 2.24) is 10.6 Å². The van der Waals surface area contributed by atoms with E-state index >= 15 is 0 Å². The molecule has 8 heteroatoms. The highest BCUT2D eigenvalue weighted by Crippen LogP contribution is 2.05. The van der Waals surface area contributed by atoms with E-state index in [9.17, 15) is 14.4 Å². The Morgan fingerprint density at radius 1 is 1.21 bits per heavy atom. The summed E-state index contributed by atoms with van der Waals surface area (Å²) in [6.07, 6.45) is -0.280. The zero-order valence-corrected chi connectivity index (χ0v) is 10.8. The summed E-state index contributed by atoms with van der Waals surface area (Å²) in [5.74, 6) is -0.489. The van der Waals surface area contributed by atoms with E-state index in [1.807, 2.05) is 0 Å². The summed E-state index contributed by atoms with van der Waals surface area (Å²) in [4.78, 5) is 32.9. The number of alkyl carbamates (subject to hydrolysis) is 1. The molecule has 0 aliphatic rings. The third-order valence-corrected chi connectivity index (χ3v) is 2.21. The summed E-state index contributed by atoms with van der Waals surface area (Å²) in [7, 11) is 0. The molecular weight excluding hydrogens is 256 g/mol. The topological polar surface area (TPSA) is 111 Å². The second-order valence-electron chi connectivity index (χ2n) is 3.64. The highest BCUT2D eigenvalue weighted by molar-refractivity contribution is 5.75. The van der Waals surface area contributed by atoms with Crippen molar-refractivity contribution in [2.45, 2.75) is 26.9 Å². The smallest absolute Gasteiger partial charge is 0.441 e. The molecule has 1 heterocycles. The number of amides is 2. The van der Waals surface area contributed by atoms with Gasteiger partial charge in [0.1, 0.15) is 0 Å². The largest absolute Gasteiger partial charge is 0.519 e. The van der Waals surface area contributed by atoms with Gasteiger partial charge in [0, 0.05) is 19.5 Å². The number of hydrogen-bond donors (Lipinski definition) is 2. The van der Waals surface area contributed by atoms with Gasteiger partial charge in [-0.2, -0.15) is 0 Å². The Morgan fingerprint density at radius 3 is 2.47 bits per heavy atom. The molecule has 1 rings (SSSR count). The van der Waals surface area contributed by atoms with Crippen LogP contribution in [0.3, 0.4) is 0 Å². The molecule has 0 bridgehead atoms. The van der Waals surface area contributed by atoms with Crippen molar-refractivity contribution in [2.24, 2.45) is 0 Å². The van der Waals surface area contributed by atoms with Crippen LogP contribution >= 0.6 is 0 Å². The van der Waals surface area contributed by atoms with Gasteiger partial charge < -0.3 is 24.2 Å². The van der Waals surface area contributed by atoms with E-state index in [1.165, 1.54) is 6.92 Å². The molecule has 0 aromatic carbocycles. The molecule has 2 amide bonds. The molecule has 19 heavy (non-hydrogen) atoms. The van der Waals surface area contributed by atoms with E-state index in [4.69, 9.17) is 4.74 Å². The molecule has 0 spiro atoms. The molecule has 0 saturated carbocycles. The number of aryl methyl sites for hydroxylation is 1. The molecule has 0 unspecified atom stereocenters. The molecule has 2 N–H and O–H groups in total. The Hall–Kier alpha value is -2.25. The number of ether oxygens (including phenoxy) is 1. The molecule has 0 atom stereocenters. The fourth-order valence-corrected chi connectivity index (χ4v) is 1.18. The Balaban J connectivity index is 2.20. The van der Waals surface area contributed by atoms with E-state index < -0.39 is 11.9 Å². The standard InChI is InChI=1S/C11H16N2O6/c1-3-9(14)12-4-5-13-10(15)17-6-8-7(2)18-11(16)19-8/h3-6H2,1-2H3,(H,12,14)(H,13,15). The minimum Gasteiger partial charge on any atom is -0.441 e. The van der Waals surface area contributed by atoms with Gasteiger partial charge >= 0.3 is 11.9 Å². The number of carbonyl (C=O) groups excluding carboxylic acids is 2. The fraction of sp³-hybridized carbons (Fsp3) is 0.545. The van der Waals surface area contributed by atoms with Gasteiger partial charge in [0.05, 0.1) is 0 Å². The number of hydrogen-bond acceptors (Lipinski definition) is 6. The Bertz CT molecular complexity index is 490. The van der Waals surface area contributed by atoms with Crippen molar-refractivity contribution in [1.29, 1.82) is 0 Å². The van der Waals surface area contributed by atoms with Crippen LogP contribution in [0.4, 0.5) is 4.79 Å². The lowest BCUT2D eigenvalue weighted by Crippen LogP contribution is -2.34. The first-order valence-corrected chi connectivity index (χ1v) is 5.79. The first kappa shape index (κ1) is 14.8. The quantitative estimate of drug-likeness (QED) is 0.720. The van der Waals surface area contributed by atoms with Gasteiger partial charge in [-0.25, -0.2) is 9.59 Å². The average molecular weight is 272 g/mol. The molecule has 0 aliphatic heterocycles. The SMILES string of the molecule is CCC(=O)NCCNC(=O)OCc1oc(=O)oc1C. The van der Waals surface area contributed by atoms with Crippen LogP contribution in [-0.2, 0) is 16.1 Å². The Labute approximate surface area is 109 Å². The predicted molar refractivity (Wildman–Crippen MR) is 63.5 cm³/mol. The maximum atomic E-state index is 11.3. The minimum absolute atomic E-state index is 0.0917. The molecular formula is C11H16N2O6. The number of carbonyl (C=O) groups is 2. The first-order chi connectivity index (χ1) is 9.02. The van der Waals surface area contributed by atoms with E-state index in [0.717, 1.165) is 0 Å². The second-order valence-corrected chi connectivity index (χ2v) is 3.64. The molecule has 1 aromatic heterocycles. The second kappa shape index (κ2) is 7.24. The zero-order valence-electron chi connectivity index (χ0n) is 10.8. The minimum atomic E-state index is -0.834. The lowest BCUT2D eigenvalue weighted by atomic mass is 10.4. The Kier molecular flexibility index (Phi) is 5.65. The monoisotopic (exact) mass is 272 g/mol. The van der Waals surface area contributed by atoms with Crippen molar-refractivity contribution in [3.8, 4) is 0 Å². The molecule has 106 valence electrons. The first-order valence-electron chi connectivity index (χ1n) is 5.79. The van der Waals surface area contributed by atoms with Gasteiger partial charge in [-0.1, -0.05) is 6.92 Å². The molecule has 0 saturated heterocycles. The van der Waals surface area contributed by atoms with Crippen LogP contribution in [0.25, 0.3) is 0 Å². The summed E-state index contributed by atoms with van der Waals surface area (Å²) in [6, 6.07) is 0. The van der Waals surface area contributed by atoms with Crippen molar-refractivity contribution in [2.75, 3.05) is 13.1 Å². The molecule has 1 aromatic rings. The zero-order chi connectivity index (χ0) is 14.3. The van der Waals surface area contributed by atoms with Gasteiger partial charge in [0.25, 0.3) is 0 Å². The normalized spacial score (nSPS) is 10.0. The van der Waals surface area contributed by atoms with Gasteiger partial charge in [-0.3, -0.25) is 4.79 Å². The highest BCUT2D eigenvalue weighted by Gasteiger charge is 2.10. The van der Waals surface area contributed by atoms with Crippen LogP contribution in [0.1, 0.15) is 24.9 Å². The fourth-order valence-electron chi connectivity index (χ4n) is 1.18. The van der Waals surface area contributed by atoms with E-state index in [1.54, 1.807) is 6.92 Å². The third-order valence-electron chi connectivity index (χ3n) is 2.21. The van der Waals surface area contributed by atoms with Crippen LogP contribution in [0.2, 0.25) is 0 Å². The molecule has 0 radical (unpaired) electrons. The van der Waals surface area contributed by atoms with Crippen LogP contribution in [0.5, 0.6) is 0 Å². The molecule has 8 nitrogen and oxygen atoms in total. The highest BCUT2D eigenvalue weighted by atomic mass is 16.6. The molecule has 0 fully saturated rings. The maximum absolute atomic E-state index is 11.3. The van der Waals surface area contributed by atoms with Crippen LogP contribution < -0.4 is 16.5 Å². The Morgan fingerprint density at radius 2 is 1.89 bits per heavy atom. The van der Waals surface area contributed by atoms with Gasteiger partial charge in [0.2, 0.25) is 5.91 Å². The lowest BCUT2D eigenvalue weighted by molar-refractivity contribution is -0.120. The lowest BCUT2D eigenvalue weighted by Gasteiger charge is -2.06. The van der Waals surface area contributed by atoms with Crippen molar-refractivity contribution < 1.29 is 23.2 Å². The summed E-state index contributed by atoms with van der Waals surface area (Å²) in [6.45, 7) is 3.64. The van der Waals surface area contributed by atoms with Crippen LogP contribution in [0.15, 0.2) is 13.6 Å². The van der Waals surface area contributed by atoms with Crippen LogP contribution in [-0.4, -0.2) is 25.1 Å². The molecule has 0 aliphatic carbocycles. The summed E-state index contributed by atoms with van der Waals surface area (Å²) in [5, 5.41) is 5.02. The van der Waals surface area contributed by atoms with Crippen LogP contribution in [0, 0.1) is 6.92 Å². The van der Waals surface area contributed by atoms with Crippen molar-refractivity contribution in [3.63, 3.8) is 0 Å². The van der Waals surface area contributed by atoms with Crippen molar-refractivity contribution in [3.05, 3.63) is 22.1 Å². The predicted octanol–water partition coefficient (Wildman–Crippen LogP) is 0.294. The van der Waals surface area contributed by atoms with Gasteiger partial charge in [0.15, 0.2) is 18.1 Å². The third kappa shape index (κ3) is 5.28. The summed E-state index contributed by atoms with van der Waals surface area (Å²) < 4.78 is 14.1. The van der Waals surface area contributed by atoms with Gasteiger partial charge in [-0.15, -0.1) is 0 Å². The summed E-state index contributed by atoms with van der Waals surface area (Å²) in [5.41, 5.74) is 0. The van der Waals surface area contributed by atoms with E-state index in [2.05, 4.69) is 19.5 Å². The van der Waals surface area contributed by atoms with E-state index in [0.29, 0.717) is 13.0 Å². The summed E-state index contributed by atoms with van der Waals surface area (Å²) >= 11 is 0. The average Bonchev–Trinajstić information content (AvgIpc) is 2.70. The number of nitrogens with one attached hydrogen (secondary N) is 2. The van der Waals surface area contributed by atoms with E-state index in [-0.39, 0.29) is 30.6 Å².